The molecule has 0 spiro atoms. The lowest BCUT2D eigenvalue weighted by Crippen LogP contribution is -2.48. The van der Waals surface area contributed by atoms with E-state index in [1.54, 1.807) is 37.3 Å². The minimum Gasteiger partial charge on any atom is -0.354 e. The Bertz CT molecular complexity index is 842. The molecular weight excluding hydrogens is 463 g/mol. The van der Waals surface area contributed by atoms with Gasteiger partial charge in [-0.15, -0.1) is 11.8 Å². The zero-order valence-corrected chi connectivity index (χ0v) is 20.0. The van der Waals surface area contributed by atoms with Gasteiger partial charge in [0.1, 0.15) is 6.04 Å². The van der Waals surface area contributed by atoms with Crippen molar-refractivity contribution in [1.29, 1.82) is 0 Å². The van der Waals surface area contributed by atoms with Crippen molar-refractivity contribution in [2.45, 2.75) is 44.2 Å². The molecule has 30 heavy (non-hydrogen) atoms. The lowest BCUT2D eigenvalue weighted by atomic mass is 10.1. The van der Waals surface area contributed by atoms with Crippen LogP contribution in [0.3, 0.4) is 0 Å². The van der Waals surface area contributed by atoms with Crippen LogP contribution in [0.5, 0.6) is 0 Å². The fourth-order valence-electron chi connectivity index (χ4n) is 2.73. The number of hydrogen-bond acceptors (Lipinski definition) is 3. The Kier molecular flexibility index (Phi) is 10.3. The van der Waals surface area contributed by atoms with E-state index in [0.717, 1.165) is 17.7 Å². The molecule has 0 unspecified atom stereocenters. The first kappa shape index (κ1) is 24.9. The number of nitrogens with zero attached hydrogens (tertiary/aromatic N) is 1. The maximum Gasteiger partial charge on any atom is 0.242 e. The predicted octanol–water partition coefficient (Wildman–Crippen LogP) is 6.07. The molecule has 0 radical (unpaired) electrons. The number of unbranched alkanes of at least 4 members (excludes halogenated alkanes) is 1. The molecule has 0 aliphatic carbocycles. The van der Waals surface area contributed by atoms with Crippen molar-refractivity contribution in [3.63, 3.8) is 0 Å². The minimum atomic E-state index is -0.660. The molecule has 0 aromatic heterocycles. The fourth-order valence-corrected chi connectivity index (χ4v) is 4.16. The Morgan fingerprint density at radius 1 is 1.07 bits per heavy atom. The van der Waals surface area contributed by atoms with Gasteiger partial charge in [0.25, 0.3) is 0 Å². The molecule has 0 heterocycles. The number of amides is 2. The summed E-state index contributed by atoms with van der Waals surface area (Å²) in [6.07, 6.45) is 1.86. The zero-order valence-electron chi connectivity index (χ0n) is 17.0. The molecule has 1 N–H and O–H groups in total. The number of nitrogens with one attached hydrogen (secondary N) is 1. The molecule has 1 atom stereocenters. The molecule has 2 rings (SSSR count). The second-order valence-electron chi connectivity index (χ2n) is 6.79. The average Bonchev–Trinajstić information content (AvgIpc) is 2.72. The van der Waals surface area contributed by atoms with E-state index in [1.807, 2.05) is 12.1 Å². The first-order valence-corrected chi connectivity index (χ1v) is 11.8. The van der Waals surface area contributed by atoms with Crippen LogP contribution in [-0.4, -0.2) is 35.1 Å². The highest BCUT2D eigenvalue weighted by molar-refractivity contribution is 8.00. The Labute approximate surface area is 197 Å². The van der Waals surface area contributed by atoms with Crippen molar-refractivity contribution in [3.05, 3.63) is 63.1 Å². The molecular formula is C22H25Cl3N2O2S. The van der Waals surface area contributed by atoms with Gasteiger partial charge < -0.3 is 10.2 Å². The second-order valence-corrected chi connectivity index (χ2v) is 9.08. The Balaban J connectivity index is 2.17. The average molecular weight is 488 g/mol. The highest BCUT2D eigenvalue weighted by Gasteiger charge is 2.27. The highest BCUT2D eigenvalue weighted by Crippen LogP contribution is 2.27. The molecule has 0 aliphatic rings. The third kappa shape index (κ3) is 7.38. The summed E-state index contributed by atoms with van der Waals surface area (Å²) in [5.41, 5.74) is 0.624. The normalized spacial score (nSPS) is 11.8. The van der Waals surface area contributed by atoms with Gasteiger partial charge in [-0.25, -0.2) is 0 Å². The number of halogens is 3. The molecule has 162 valence electrons. The Morgan fingerprint density at radius 2 is 1.70 bits per heavy atom. The van der Waals surface area contributed by atoms with Crippen LogP contribution < -0.4 is 5.32 Å². The summed E-state index contributed by atoms with van der Waals surface area (Å²) in [5, 5.41) is 4.46. The SMILES string of the molecule is CCCCNC(=O)[C@@H](C)N(Cc1c(Cl)cccc1Cl)C(=O)CSc1ccc(Cl)cc1. The van der Waals surface area contributed by atoms with Crippen molar-refractivity contribution >= 4 is 58.4 Å². The maximum atomic E-state index is 13.1. The van der Waals surface area contributed by atoms with E-state index in [1.165, 1.54) is 16.7 Å². The van der Waals surface area contributed by atoms with Crippen molar-refractivity contribution in [2.24, 2.45) is 0 Å². The van der Waals surface area contributed by atoms with E-state index < -0.39 is 6.04 Å². The molecule has 2 aromatic carbocycles. The number of rotatable bonds is 10. The minimum absolute atomic E-state index is 0.154. The summed E-state index contributed by atoms with van der Waals surface area (Å²) >= 11 is 19.9. The largest absolute Gasteiger partial charge is 0.354 e. The standard InChI is InChI=1S/C22H25Cl3N2O2S/c1-3-4-12-26-22(29)15(2)27(13-18-19(24)6-5-7-20(18)25)21(28)14-30-17-10-8-16(23)9-11-17/h5-11,15H,3-4,12-14H2,1-2H3,(H,26,29)/t15-/m1/s1. The van der Waals surface area contributed by atoms with Gasteiger partial charge in [-0.1, -0.05) is 54.2 Å². The van der Waals surface area contributed by atoms with Gasteiger partial charge in [-0.2, -0.15) is 0 Å². The molecule has 2 amide bonds. The molecule has 0 saturated heterocycles. The third-order valence-electron chi connectivity index (χ3n) is 4.56. The van der Waals surface area contributed by atoms with Crippen LogP contribution in [0.15, 0.2) is 47.4 Å². The summed E-state index contributed by atoms with van der Waals surface area (Å²) in [7, 11) is 0. The molecule has 0 aliphatic heterocycles. The zero-order chi connectivity index (χ0) is 22.1. The monoisotopic (exact) mass is 486 g/mol. The topological polar surface area (TPSA) is 49.4 Å². The van der Waals surface area contributed by atoms with E-state index in [4.69, 9.17) is 34.8 Å². The first-order valence-electron chi connectivity index (χ1n) is 9.72. The number of carbonyl (C=O) groups is 2. The van der Waals surface area contributed by atoms with E-state index in [9.17, 15) is 9.59 Å². The molecule has 0 saturated carbocycles. The van der Waals surface area contributed by atoms with Gasteiger partial charge >= 0.3 is 0 Å². The van der Waals surface area contributed by atoms with E-state index in [2.05, 4.69) is 12.2 Å². The molecule has 8 heteroatoms. The highest BCUT2D eigenvalue weighted by atomic mass is 35.5. The summed E-state index contributed by atoms with van der Waals surface area (Å²) in [4.78, 5) is 28.2. The second kappa shape index (κ2) is 12.5. The van der Waals surface area contributed by atoms with Crippen LogP contribution in [0.25, 0.3) is 0 Å². The van der Waals surface area contributed by atoms with Crippen molar-refractivity contribution in [2.75, 3.05) is 12.3 Å². The van der Waals surface area contributed by atoms with Crippen molar-refractivity contribution in [3.8, 4) is 0 Å². The van der Waals surface area contributed by atoms with Gasteiger partial charge in [0.05, 0.1) is 5.75 Å². The summed E-state index contributed by atoms with van der Waals surface area (Å²) in [6.45, 7) is 4.50. The van der Waals surface area contributed by atoms with Crippen LogP contribution >= 0.6 is 46.6 Å². The fraction of sp³-hybridized carbons (Fsp3) is 0.364. The quantitative estimate of drug-likeness (QED) is 0.327. The summed E-state index contributed by atoms with van der Waals surface area (Å²) < 4.78 is 0. The number of thioether (sulfide) groups is 1. The van der Waals surface area contributed by atoms with Crippen LogP contribution in [0.1, 0.15) is 32.3 Å². The van der Waals surface area contributed by atoms with Crippen LogP contribution in [0.4, 0.5) is 0 Å². The van der Waals surface area contributed by atoms with Crippen LogP contribution in [-0.2, 0) is 16.1 Å². The number of benzene rings is 2. The van der Waals surface area contributed by atoms with E-state index >= 15 is 0 Å². The Hall–Kier alpha value is -1.40. The van der Waals surface area contributed by atoms with Gasteiger partial charge in [0, 0.05) is 38.6 Å². The van der Waals surface area contributed by atoms with Crippen molar-refractivity contribution in [1.82, 2.24) is 10.2 Å². The Morgan fingerprint density at radius 3 is 2.30 bits per heavy atom. The third-order valence-corrected chi connectivity index (χ3v) is 6.52. The molecule has 0 fully saturated rings. The van der Waals surface area contributed by atoms with Crippen LogP contribution in [0.2, 0.25) is 15.1 Å². The van der Waals surface area contributed by atoms with Gasteiger partial charge in [0.2, 0.25) is 11.8 Å². The summed E-state index contributed by atoms with van der Waals surface area (Å²) in [5.74, 6) is -0.198. The van der Waals surface area contributed by atoms with Gasteiger partial charge in [0.15, 0.2) is 0 Å². The molecule has 0 bridgehead atoms. The van der Waals surface area contributed by atoms with E-state index in [-0.39, 0.29) is 24.1 Å². The molecule has 4 nitrogen and oxygen atoms in total. The smallest absolute Gasteiger partial charge is 0.242 e. The van der Waals surface area contributed by atoms with Crippen LogP contribution in [0, 0.1) is 0 Å². The molecule has 2 aromatic rings. The lowest BCUT2D eigenvalue weighted by molar-refractivity contribution is -0.138. The van der Waals surface area contributed by atoms with E-state index in [0.29, 0.717) is 27.2 Å². The first-order chi connectivity index (χ1) is 14.3. The van der Waals surface area contributed by atoms with Gasteiger partial charge in [-0.05, 0) is 49.7 Å². The maximum absolute atomic E-state index is 13.1. The lowest BCUT2D eigenvalue weighted by Gasteiger charge is -2.29. The number of hydrogen-bond donors (Lipinski definition) is 1. The predicted molar refractivity (Wildman–Crippen MR) is 127 cm³/mol. The van der Waals surface area contributed by atoms with Crippen molar-refractivity contribution < 1.29 is 9.59 Å². The summed E-state index contributed by atoms with van der Waals surface area (Å²) in [6, 6.07) is 11.8. The van der Waals surface area contributed by atoms with Gasteiger partial charge in [-0.3, -0.25) is 9.59 Å². The number of carbonyl (C=O) groups excluding carboxylic acids is 2.